The maximum Gasteiger partial charge on any atom is 0.223 e. The molecular formula is C18H25NO7. The molecule has 2 aliphatic heterocycles. The summed E-state index contributed by atoms with van der Waals surface area (Å²) in [5.41, 5.74) is 0. The van der Waals surface area contributed by atoms with E-state index in [4.69, 9.17) is 23.7 Å². The lowest BCUT2D eigenvalue weighted by Crippen LogP contribution is -2.69. The second-order valence-electron chi connectivity index (χ2n) is 6.82. The van der Waals surface area contributed by atoms with Crippen molar-refractivity contribution in [2.24, 2.45) is 0 Å². The Labute approximate surface area is 152 Å². The quantitative estimate of drug-likeness (QED) is 0.813. The molecule has 0 aromatic heterocycles. The molecule has 2 fully saturated rings. The van der Waals surface area contributed by atoms with Gasteiger partial charge in [0.25, 0.3) is 0 Å². The molecule has 2 heterocycles. The number of ether oxygens (including phenoxy) is 5. The molecule has 0 radical (unpaired) electrons. The summed E-state index contributed by atoms with van der Waals surface area (Å²) in [4.78, 5) is 11.6. The summed E-state index contributed by atoms with van der Waals surface area (Å²) in [6.45, 7) is 5.14. The minimum atomic E-state index is -1.03. The first-order valence-corrected chi connectivity index (χ1v) is 8.53. The van der Waals surface area contributed by atoms with Gasteiger partial charge in [-0.15, -0.1) is 0 Å². The number of hydrogen-bond donors (Lipinski definition) is 2. The normalized spacial score (nSPS) is 33.0. The van der Waals surface area contributed by atoms with Gasteiger partial charge in [0.05, 0.1) is 13.7 Å². The van der Waals surface area contributed by atoms with Gasteiger partial charge in [-0.1, -0.05) is 12.1 Å². The molecular weight excluding hydrogens is 342 g/mol. The molecule has 5 atom stereocenters. The van der Waals surface area contributed by atoms with Crippen molar-refractivity contribution < 1.29 is 33.6 Å². The Balaban J connectivity index is 1.84. The Morgan fingerprint density at radius 3 is 2.65 bits per heavy atom. The van der Waals surface area contributed by atoms with Crippen molar-refractivity contribution in [3.05, 3.63) is 24.3 Å². The fourth-order valence-electron chi connectivity index (χ4n) is 3.17. The average Bonchev–Trinajstić information content (AvgIpc) is 2.59. The second kappa shape index (κ2) is 7.40. The number of aliphatic hydroxyl groups excluding tert-OH is 1. The molecule has 8 heteroatoms. The van der Waals surface area contributed by atoms with E-state index in [1.54, 1.807) is 32.0 Å². The van der Waals surface area contributed by atoms with Gasteiger partial charge < -0.3 is 34.1 Å². The number of rotatable bonds is 4. The number of benzene rings is 1. The summed E-state index contributed by atoms with van der Waals surface area (Å²) in [6, 6.07) is 6.27. The van der Waals surface area contributed by atoms with Crippen LogP contribution in [-0.4, -0.2) is 61.2 Å². The molecule has 0 unspecified atom stereocenters. The number of para-hydroxylation sites is 2. The zero-order valence-corrected chi connectivity index (χ0v) is 15.3. The van der Waals surface area contributed by atoms with E-state index < -0.39 is 36.4 Å². The van der Waals surface area contributed by atoms with Crippen LogP contribution in [0.2, 0.25) is 0 Å². The molecule has 1 aromatic carbocycles. The van der Waals surface area contributed by atoms with Gasteiger partial charge in [-0.2, -0.15) is 0 Å². The van der Waals surface area contributed by atoms with E-state index in [0.717, 1.165) is 0 Å². The van der Waals surface area contributed by atoms with Crippen molar-refractivity contribution in [2.75, 3.05) is 13.7 Å². The van der Waals surface area contributed by atoms with Gasteiger partial charge in [-0.05, 0) is 26.0 Å². The number of methoxy groups -OCH3 is 1. The van der Waals surface area contributed by atoms with Crippen molar-refractivity contribution in [3.63, 3.8) is 0 Å². The molecule has 3 rings (SSSR count). The summed E-state index contributed by atoms with van der Waals surface area (Å²) in [5.74, 6) is -0.190. The van der Waals surface area contributed by atoms with E-state index >= 15 is 0 Å². The highest BCUT2D eigenvalue weighted by Gasteiger charge is 2.52. The number of amides is 1. The standard InChI is InChI=1S/C18H25NO7/c1-10(20)19-14-15(21)16-13(9-23-18(2,3)26-16)25-17(14)24-12-8-6-5-7-11(12)22-4/h5-8,13-17,21H,9H2,1-4H3,(H,19,20)/t13-,14-,15+,16+,17+/m1/s1. The zero-order chi connectivity index (χ0) is 18.9. The van der Waals surface area contributed by atoms with Crippen LogP contribution in [0.4, 0.5) is 0 Å². The van der Waals surface area contributed by atoms with Crippen LogP contribution in [0.1, 0.15) is 20.8 Å². The number of carbonyl (C=O) groups excluding carboxylic acids is 1. The molecule has 2 N–H and O–H groups in total. The summed E-state index contributed by atoms with van der Waals surface area (Å²) in [5, 5.41) is 13.5. The number of hydrogen-bond acceptors (Lipinski definition) is 7. The monoisotopic (exact) mass is 367 g/mol. The molecule has 8 nitrogen and oxygen atoms in total. The Morgan fingerprint density at radius 2 is 2.00 bits per heavy atom. The van der Waals surface area contributed by atoms with Crippen LogP contribution < -0.4 is 14.8 Å². The van der Waals surface area contributed by atoms with Crippen LogP contribution in [0.15, 0.2) is 24.3 Å². The first kappa shape index (κ1) is 18.9. The van der Waals surface area contributed by atoms with E-state index in [0.29, 0.717) is 11.5 Å². The van der Waals surface area contributed by atoms with Crippen molar-refractivity contribution in [1.29, 1.82) is 0 Å². The van der Waals surface area contributed by atoms with Crippen LogP contribution in [0.3, 0.4) is 0 Å². The zero-order valence-electron chi connectivity index (χ0n) is 15.3. The van der Waals surface area contributed by atoms with Crippen LogP contribution >= 0.6 is 0 Å². The third-order valence-corrected chi connectivity index (χ3v) is 4.37. The van der Waals surface area contributed by atoms with Gasteiger partial charge in [0.1, 0.15) is 24.4 Å². The molecule has 144 valence electrons. The largest absolute Gasteiger partial charge is 0.493 e. The van der Waals surface area contributed by atoms with Gasteiger partial charge in [-0.3, -0.25) is 4.79 Å². The topological polar surface area (TPSA) is 95.5 Å². The molecule has 2 saturated heterocycles. The number of carbonyl (C=O) groups is 1. The Bertz CT molecular complexity index is 650. The molecule has 0 bridgehead atoms. The lowest BCUT2D eigenvalue weighted by Gasteiger charge is -2.49. The predicted molar refractivity (Wildman–Crippen MR) is 90.8 cm³/mol. The fourth-order valence-corrected chi connectivity index (χ4v) is 3.17. The predicted octanol–water partition coefficient (Wildman–Crippen LogP) is 0.816. The summed E-state index contributed by atoms with van der Waals surface area (Å²) in [7, 11) is 1.53. The molecule has 2 aliphatic rings. The highest BCUT2D eigenvalue weighted by atomic mass is 16.8. The molecule has 0 saturated carbocycles. The molecule has 0 aliphatic carbocycles. The van der Waals surface area contributed by atoms with Crippen molar-refractivity contribution in [2.45, 2.75) is 57.2 Å². The molecule has 26 heavy (non-hydrogen) atoms. The van der Waals surface area contributed by atoms with Gasteiger partial charge >= 0.3 is 0 Å². The summed E-state index contributed by atoms with van der Waals surface area (Å²) < 4.78 is 28.6. The first-order valence-electron chi connectivity index (χ1n) is 8.53. The SMILES string of the molecule is COc1ccccc1O[C@H]1O[C@@H]2COC(C)(C)O[C@@H]2[C@@H](O)[C@H]1NC(C)=O. The van der Waals surface area contributed by atoms with E-state index in [-0.39, 0.29) is 12.5 Å². The minimum absolute atomic E-state index is 0.243. The van der Waals surface area contributed by atoms with Crippen molar-refractivity contribution >= 4 is 5.91 Å². The van der Waals surface area contributed by atoms with E-state index in [9.17, 15) is 9.90 Å². The molecule has 0 spiro atoms. The van der Waals surface area contributed by atoms with E-state index in [1.165, 1.54) is 14.0 Å². The van der Waals surface area contributed by atoms with E-state index in [2.05, 4.69) is 5.32 Å². The molecule has 1 aromatic rings. The van der Waals surface area contributed by atoms with Crippen LogP contribution in [0, 0.1) is 0 Å². The van der Waals surface area contributed by atoms with Gasteiger partial charge in [0, 0.05) is 6.92 Å². The van der Waals surface area contributed by atoms with Gasteiger partial charge in [-0.25, -0.2) is 0 Å². The lowest BCUT2D eigenvalue weighted by atomic mass is 9.95. The average molecular weight is 367 g/mol. The van der Waals surface area contributed by atoms with Gasteiger partial charge in [0.15, 0.2) is 17.3 Å². The van der Waals surface area contributed by atoms with E-state index in [1.807, 2.05) is 6.07 Å². The Kier molecular flexibility index (Phi) is 5.38. The number of nitrogens with one attached hydrogen (secondary N) is 1. The van der Waals surface area contributed by atoms with Crippen molar-refractivity contribution in [3.8, 4) is 11.5 Å². The van der Waals surface area contributed by atoms with Crippen LogP contribution in [-0.2, 0) is 19.0 Å². The van der Waals surface area contributed by atoms with Crippen LogP contribution in [0.25, 0.3) is 0 Å². The van der Waals surface area contributed by atoms with Crippen molar-refractivity contribution in [1.82, 2.24) is 5.32 Å². The Hall–Kier alpha value is -1.87. The maximum absolute atomic E-state index is 11.6. The first-order chi connectivity index (χ1) is 12.3. The van der Waals surface area contributed by atoms with Crippen LogP contribution in [0.5, 0.6) is 11.5 Å². The highest BCUT2D eigenvalue weighted by Crippen LogP contribution is 2.35. The number of fused-ring (bicyclic) bond motifs is 1. The maximum atomic E-state index is 11.6. The highest BCUT2D eigenvalue weighted by molar-refractivity contribution is 5.73. The molecule has 1 amide bonds. The third-order valence-electron chi connectivity index (χ3n) is 4.37. The summed E-state index contributed by atoms with van der Waals surface area (Å²) in [6.07, 6.45) is -3.13. The fraction of sp³-hybridized carbons (Fsp3) is 0.611. The third kappa shape index (κ3) is 3.93. The number of aliphatic hydroxyl groups is 1. The summed E-state index contributed by atoms with van der Waals surface area (Å²) >= 11 is 0. The Morgan fingerprint density at radius 1 is 1.31 bits per heavy atom. The second-order valence-corrected chi connectivity index (χ2v) is 6.82. The van der Waals surface area contributed by atoms with Gasteiger partial charge in [0.2, 0.25) is 12.2 Å². The minimum Gasteiger partial charge on any atom is -0.493 e. The smallest absolute Gasteiger partial charge is 0.223 e. The lowest BCUT2D eigenvalue weighted by molar-refractivity contribution is -0.361.